The average Bonchev–Trinajstić information content (AvgIpc) is 2.23. The number of carbonyl (C=O) groups excluding carboxylic acids is 1. The Morgan fingerprint density at radius 1 is 1.65 bits per heavy atom. The molecule has 17 heavy (non-hydrogen) atoms. The Bertz CT molecular complexity index is 429. The van der Waals surface area contributed by atoms with Crippen molar-refractivity contribution in [1.29, 1.82) is 0 Å². The van der Waals surface area contributed by atoms with Gasteiger partial charge in [0.1, 0.15) is 3.70 Å². The largest absolute Gasteiger partial charge is 0.466 e. The topological polar surface area (TPSA) is 39.2 Å². The minimum Gasteiger partial charge on any atom is -0.466 e. The number of carbonyl (C=O) groups is 1. The SMILES string of the molecule is CCOC(=O)Cc1cnc(I)c(Br)c1C(F)F. The number of ether oxygens (including phenoxy) is 1. The summed E-state index contributed by atoms with van der Waals surface area (Å²) in [6.07, 6.45) is -1.58. The predicted octanol–water partition coefficient (Wildman–Crippen LogP) is 3.49. The van der Waals surface area contributed by atoms with Gasteiger partial charge in [-0.3, -0.25) is 4.79 Å². The van der Waals surface area contributed by atoms with Crippen molar-refractivity contribution in [1.82, 2.24) is 4.98 Å². The number of aromatic nitrogens is 1. The number of rotatable bonds is 4. The molecule has 0 unspecified atom stereocenters. The molecule has 0 radical (unpaired) electrons. The summed E-state index contributed by atoms with van der Waals surface area (Å²) >= 11 is 4.90. The molecule has 0 atom stereocenters. The van der Waals surface area contributed by atoms with Gasteiger partial charge in [-0.15, -0.1) is 0 Å². The van der Waals surface area contributed by atoms with E-state index in [0.29, 0.717) is 3.70 Å². The van der Waals surface area contributed by atoms with Gasteiger partial charge in [0.15, 0.2) is 0 Å². The quantitative estimate of drug-likeness (QED) is 0.426. The van der Waals surface area contributed by atoms with Crippen LogP contribution in [0.2, 0.25) is 0 Å². The van der Waals surface area contributed by atoms with Gasteiger partial charge in [-0.25, -0.2) is 13.8 Å². The molecule has 94 valence electrons. The Hall–Kier alpha value is -0.310. The Balaban J connectivity index is 3.07. The zero-order valence-corrected chi connectivity index (χ0v) is 12.6. The Morgan fingerprint density at radius 2 is 2.29 bits per heavy atom. The predicted molar refractivity (Wildman–Crippen MR) is 69.9 cm³/mol. The molecule has 7 heteroatoms. The first-order valence-electron chi connectivity index (χ1n) is 4.73. The van der Waals surface area contributed by atoms with E-state index in [2.05, 4.69) is 20.9 Å². The monoisotopic (exact) mass is 419 g/mol. The van der Waals surface area contributed by atoms with Crippen molar-refractivity contribution in [2.24, 2.45) is 0 Å². The van der Waals surface area contributed by atoms with E-state index in [-0.39, 0.29) is 28.6 Å². The van der Waals surface area contributed by atoms with Crippen LogP contribution in [0.4, 0.5) is 8.78 Å². The lowest BCUT2D eigenvalue weighted by Crippen LogP contribution is -2.11. The van der Waals surface area contributed by atoms with Crippen LogP contribution in [0.15, 0.2) is 10.7 Å². The van der Waals surface area contributed by atoms with Gasteiger partial charge in [0, 0.05) is 11.8 Å². The van der Waals surface area contributed by atoms with Crippen LogP contribution in [-0.4, -0.2) is 17.6 Å². The smallest absolute Gasteiger partial charge is 0.310 e. The van der Waals surface area contributed by atoms with E-state index in [4.69, 9.17) is 4.74 Å². The van der Waals surface area contributed by atoms with Gasteiger partial charge < -0.3 is 4.74 Å². The number of hydrogen-bond donors (Lipinski definition) is 0. The molecule has 0 aliphatic carbocycles. The van der Waals surface area contributed by atoms with Crippen molar-refractivity contribution < 1.29 is 18.3 Å². The Labute approximate surface area is 119 Å². The highest BCUT2D eigenvalue weighted by Gasteiger charge is 2.21. The van der Waals surface area contributed by atoms with Crippen LogP contribution in [0, 0.1) is 3.70 Å². The van der Waals surface area contributed by atoms with E-state index in [1.165, 1.54) is 6.20 Å². The maximum absolute atomic E-state index is 12.9. The molecule has 0 N–H and O–H groups in total. The molecule has 0 spiro atoms. The summed E-state index contributed by atoms with van der Waals surface area (Å²) in [5.74, 6) is -0.538. The van der Waals surface area contributed by atoms with Gasteiger partial charge >= 0.3 is 5.97 Å². The second-order valence-corrected chi connectivity index (χ2v) is 4.90. The number of alkyl halides is 2. The summed E-state index contributed by atoms with van der Waals surface area (Å²) in [6.45, 7) is 1.88. The summed E-state index contributed by atoms with van der Waals surface area (Å²) in [5.41, 5.74) is -0.0109. The third-order valence-corrected chi connectivity index (χ3v) is 4.32. The first-order chi connectivity index (χ1) is 7.97. The minimum absolute atomic E-state index is 0.186. The lowest BCUT2D eigenvalue weighted by Gasteiger charge is -2.11. The van der Waals surface area contributed by atoms with E-state index in [9.17, 15) is 13.6 Å². The molecule has 1 aromatic heterocycles. The molecule has 0 saturated heterocycles. The van der Waals surface area contributed by atoms with Gasteiger partial charge in [-0.05, 0) is 51.0 Å². The summed E-state index contributed by atoms with van der Waals surface area (Å²) in [4.78, 5) is 15.2. The van der Waals surface area contributed by atoms with Crippen LogP contribution in [-0.2, 0) is 16.0 Å². The first kappa shape index (κ1) is 14.7. The normalized spacial score (nSPS) is 10.7. The van der Waals surface area contributed by atoms with E-state index in [1.54, 1.807) is 6.92 Å². The molecule has 1 aromatic rings. The number of nitrogens with zero attached hydrogens (tertiary/aromatic N) is 1. The maximum atomic E-state index is 12.9. The molecule has 0 amide bonds. The average molecular weight is 420 g/mol. The van der Waals surface area contributed by atoms with Gasteiger partial charge in [0.05, 0.1) is 17.5 Å². The zero-order valence-electron chi connectivity index (χ0n) is 8.84. The van der Waals surface area contributed by atoms with Crippen molar-refractivity contribution >= 4 is 44.5 Å². The Kier molecular flexibility index (Phi) is 5.71. The summed E-state index contributed by atoms with van der Waals surface area (Å²) in [6, 6.07) is 0. The minimum atomic E-state index is -2.66. The lowest BCUT2D eigenvalue weighted by atomic mass is 10.1. The second kappa shape index (κ2) is 6.58. The highest BCUT2D eigenvalue weighted by atomic mass is 127. The molecule has 1 rings (SSSR count). The van der Waals surface area contributed by atoms with Crippen molar-refractivity contribution in [3.05, 3.63) is 25.5 Å². The molecule has 0 fully saturated rings. The Morgan fingerprint density at radius 3 is 2.82 bits per heavy atom. The summed E-state index contributed by atoms with van der Waals surface area (Å²) in [5, 5.41) is 0. The van der Waals surface area contributed by atoms with Crippen LogP contribution in [0.5, 0.6) is 0 Å². The highest BCUT2D eigenvalue weighted by molar-refractivity contribution is 14.1. The molecule has 1 heterocycles. The fraction of sp³-hybridized carbons (Fsp3) is 0.400. The number of esters is 1. The molecule has 0 aromatic carbocycles. The van der Waals surface area contributed by atoms with Gasteiger partial charge in [0.2, 0.25) is 0 Å². The lowest BCUT2D eigenvalue weighted by molar-refractivity contribution is -0.142. The number of hydrogen-bond acceptors (Lipinski definition) is 3. The van der Waals surface area contributed by atoms with E-state index >= 15 is 0 Å². The second-order valence-electron chi connectivity index (χ2n) is 3.08. The molecular weight excluding hydrogens is 411 g/mol. The van der Waals surface area contributed by atoms with Crippen LogP contribution in [0.25, 0.3) is 0 Å². The van der Waals surface area contributed by atoms with Gasteiger partial charge in [0.25, 0.3) is 6.43 Å². The molecule has 0 aliphatic rings. The third kappa shape index (κ3) is 3.84. The van der Waals surface area contributed by atoms with E-state index in [0.717, 1.165) is 0 Å². The van der Waals surface area contributed by atoms with Crippen LogP contribution in [0.3, 0.4) is 0 Å². The van der Waals surface area contributed by atoms with Crippen molar-refractivity contribution in [2.45, 2.75) is 19.8 Å². The fourth-order valence-electron chi connectivity index (χ4n) is 1.26. The molecule has 3 nitrogen and oxygen atoms in total. The highest BCUT2D eigenvalue weighted by Crippen LogP contribution is 2.33. The van der Waals surface area contributed by atoms with Crippen LogP contribution >= 0.6 is 38.5 Å². The molecule has 0 bridgehead atoms. The van der Waals surface area contributed by atoms with Gasteiger partial charge in [-0.1, -0.05) is 0 Å². The molecule has 0 aliphatic heterocycles. The van der Waals surface area contributed by atoms with E-state index < -0.39 is 12.4 Å². The van der Waals surface area contributed by atoms with Crippen molar-refractivity contribution in [3.63, 3.8) is 0 Å². The first-order valence-corrected chi connectivity index (χ1v) is 6.61. The zero-order chi connectivity index (χ0) is 13.0. The molecular formula is C10H9BrF2INO2. The summed E-state index contributed by atoms with van der Waals surface area (Å²) < 4.78 is 31.2. The van der Waals surface area contributed by atoms with Gasteiger partial charge in [-0.2, -0.15) is 0 Å². The standard InChI is InChI=1S/C10H9BrF2INO2/c1-2-17-6(16)3-5-4-15-10(14)8(11)7(5)9(12)13/h4,9H,2-3H2,1H3. The van der Waals surface area contributed by atoms with E-state index in [1.807, 2.05) is 22.6 Å². The number of pyridine rings is 1. The summed E-state index contributed by atoms with van der Waals surface area (Å²) in [7, 11) is 0. The number of halogens is 4. The fourth-order valence-corrected chi connectivity index (χ4v) is 2.22. The van der Waals surface area contributed by atoms with Crippen LogP contribution in [0.1, 0.15) is 24.5 Å². The van der Waals surface area contributed by atoms with Crippen molar-refractivity contribution in [2.75, 3.05) is 6.61 Å². The molecule has 0 saturated carbocycles. The third-order valence-electron chi connectivity index (χ3n) is 1.96. The maximum Gasteiger partial charge on any atom is 0.310 e. The van der Waals surface area contributed by atoms with Crippen molar-refractivity contribution in [3.8, 4) is 0 Å². The van der Waals surface area contributed by atoms with Crippen LogP contribution < -0.4 is 0 Å².